The Labute approximate surface area is 357 Å². The molecule has 3 amide bonds. The quantitative estimate of drug-likeness (QED) is 0.0384. The van der Waals surface area contributed by atoms with Crippen molar-refractivity contribution < 1.29 is 48.9 Å². The number of ketones is 2. The van der Waals surface area contributed by atoms with Crippen LogP contribution < -0.4 is 27.0 Å². The molecule has 0 fully saturated rings. The number of unbranched alkanes of at least 4 members (excludes halogenated alkanes) is 14. The highest BCUT2D eigenvalue weighted by Crippen LogP contribution is 2.15. The maximum absolute atomic E-state index is 13.3. The van der Waals surface area contributed by atoms with Crippen LogP contribution in [-0.2, 0) is 40.0 Å². The second kappa shape index (κ2) is 33.4. The highest BCUT2D eigenvalue weighted by molar-refractivity contribution is 5.88. The lowest BCUT2D eigenvalue weighted by molar-refractivity contribution is -0.142. The molecule has 0 bridgehead atoms. The van der Waals surface area contributed by atoms with Gasteiger partial charge >= 0.3 is 11.9 Å². The zero-order chi connectivity index (χ0) is 44.5. The van der Waals surface area contributed by atoms with Gasteiger partial charge in [0.2, 0.25) is 17.7 Å². The van der Waals surface area contributed by atoms with Crippen LogP contribution in [0.4, 0.5) is 0 Å². The number of hydrogen-bond donors (Lipinski definition) is 8. The molecule has 0 aromatic heterocycles. The van der Waals surface area contributed by atoms with E-state index in [1.807, 2.05) is 13.8 Å². The van der Waals surface area contributed by atoms with Crippen molar-refractivity contribution in [3.05, 3.63) is 29.8 Å². The van der Waals surface area contributed by atoms with Crippen molar-refractivity contribution in [3.8, 4) is 5.75 Å². The van der Waals surface area contributed by atoms with E-state index in [-0.39, 0.29) is 80.2 Å². The summed E-state index contributed by atoms with van der Waals surface area (Å²) in [4.78, 5) is 85.1. The summed E-state index contributed by atoms with van der Waals surface area (Å²) in [5.74, 6) is -3.25. The van der Waals surface area contributed by atoms with Crippen molar-refractivity contribution in [1.29, 1.82) is 0 Å². The minimum Gasteiger partial charge on any atom is -0.508 e. The van der Waals surface area contributed by atoms with Gasteiger partial charge in [-0.15, -0.1) is 0 Å². The summed E-state index contributed by atoms with van der Waals surface area (Å²) in [6.45, 7) is 4.02. The van der Waals surface area contributed by atoms with Gasteiger partial charge in [0.15, 0.2) is 5.78 Å². The number of carbonyl (C=O) groups excluding carboxylic acids is 5. The summed E-state index contributed by atoms with van der Waals surface area (Å²) in [6.07, 6.45) is 17.3. The molecule has 15 heteroatoms. The van der Waals surface area contributed by atoms with E-state index in [0.717, 1.165) is 50.5 Å². The molecule has 1 aromatic carbocycles. The number of aliphatic carboxylic acids is 2. The molecule has 60 heavy (non-hydrogen) atoms. The number of nitrogens with one attached hydrogen (secondary N) is 4. The third-order valence-electron chi connectivity index (χ3n) is 10.4. The number of carboxylic acids is 2. The Morgan fingerprint density at radius 1 is 0.600 bits per heavy atom. The van der Waals surface area contributed by atoms with Crippen molar-refractivity contribution in [2.24, 2.45) is 11.7 Å². The lowest BCUT2D eigenvalue weighted by Gasteiger charge is -2.20. The van der Waals surface area contributed by atoms with Gasteiger partial charge in [0.25, 0.3) is 0 Å². The first-order chi connectivity index (χ1) is 28.7. The van der Waals surface area contributed by atoms with E-state index in [4.69, 9.17) is 10.8 Å². The number of Topliss-reactive ketones (excluding diaryl/α,β-unsaturated/α-hetero) is 2. The summed E-state index contributed by atoms with van der Waals surface area (Å²) in [6, 6.07) is 3.65. The van der Waals surface area contributed by atoms with E-state index in [0.29, 0.717) is 38.6 Å². The van der Waals surface area contributed by atoms with E-state index in [9.17, 15) is 43.8 Å². The fourth-order valence-corrected chi connectivity index (χ4v) is 6.90. The molecule has 0 spiro atoms. The highest BCUT2D eigenvalue weighted by atomic mass is 16.4. The van der Waals surface area contributed by atoms with Crippen molar-refractivity contribution >= 4 is 41.2 Å². The first-order valence-corrected chi connectivity index (χ1v) is 22.3. The van der Waals surface area contributed by atoms with Gasteiger partial charge in [0.05, 0.1) is 25.2 Å². The minimum absolute atomic E-state index is 0.0172. The lowest BCUT2D eigenvalue weighted by Crippen LogP contribution is -2.49. The maximum atomic E-state index is 13.3. The number of primary amides is 1. The van der Waals surface area contributed by atoms with Gasteiger partial charge < -0.3 is 37.0 Å². The number of benzene rings is 1. The van der Waals surface area contributed by atoms with Crippen LogP contribution in [0.25, 0.3) is 0 Å². The first-order valence-electron chi connectivity index (χ1n) is 22.3. The largest absolute Gasteiger partial charge is 0.508 e. The summed E-state index contributed by atoms with van der Waals surface area (Å²) < 4.78 is 0. The molecule has 0 radical (unpaired) electrons. The molecule has 0 aliphatic carbocycles. The number of carboxylic acid groups (broad SMARTS) is 2. The fourth-order valence-electron chi connectivity index (χ4n) is 6.90. The normalized spacial score (nSPS) is 12.7. The predicted molar refractivity (Wildman–Crippen MR) is 231 cm³/mol. The summed E-state index contributed by atoms with van der Waals surface area (Å²) in [5.41, 5.74) is 6.33. The van der Waals surface area contributed by atoms with Crippen LogP contribution in [-0.4, -0.2) is 94.3 Å². The number of rotatable bonds is 39. The lowest BCUT2D eigenvalue weighted by atomic mass is 10.0. The monoisotopic (exact) mass is 846 g/mol. The molecule has 3 atom stereocenters. The molecular weight excluding hydrogens is 771 g/mol. The topological polar surface area (TPSA) is 254 Å². The van der Waals surface area contributed by atoms with E-state index in [1.165, 1.54) is 50.7 Å². The van der Waals surface area contributed by atoms with Crippen molar-refractivity contribution in [3.63, 3.8) is 0 Å². The molecule has 0 aliphatic rings. The van der Waals surface area contributed by atoms with Crippen LogP contribution >= 0.6 is 0 Å². The average molecular weight is 846 g/mol. The molecule has 1 rings (SSSR count). The number of nitrogens with two attached hydrogens (primary N) is 1. The van der Waals surface area contributed by atoms with Crippen molar-refractivity contribution in [2.75, 3.05) is 19.6 Å². The van der Waals surface area contributed by atoms with E-state index in [1.54, 1.807) is 12.1 Å². The number of aromatic hydroxyl groups is 1. The van der Waals surface area contributed by atoms with Gasteiger partial charge in [-0.05, 0) is 68.6 Å². The van der Waals surface area contributed by atoms with Crippen LogP contribution in [0, 0.1) is 5.92 Å². The fraction of sp³-hybridized carbons (Fsp3) is 0.711. The highest BCUT2D eigenvalue weighted by Gasteiger charge is 2.23. The number of phenolic OH excluding ortho intramolecular Hbond substituents is 1. The number of hydrogen-bond acceptors (Lipinski definition) is 10. The molecule has 1 aromatic rings. The molecular formula is C45H75N5O10. The van der Waals surface area contributed by atoms with Gasteiger partial charge in [0.1, 0.15) is 17.6 Å². The van der Waals surface area contributed by atoms with Crippen molar-refractivity contribution in [1.82, 2.24) is 21.3 Å². The zero-order valence-electron chi connectivity index (χ0n) is 36.3. The van der Waals surface area contributed by atoms with Gasteiger partial charge in [-0.3, -0.25) is 34.1 Å². The van der Waals surface area contributed by atoms with Gasteiger partial charge in [0, 0.05) is 32.2 Å². The Hall–Kier alpha value is -4.37. The van der Waals surface area contributed by atoms with Crippen LogP contribution in [0.3, 0.4) is 0 Å². The van der Waals surface area contributed by atoms with Crippen LogP contribution in [0.5, 0.6) is 5.75 Å². The maximum Gasteiger partial charge on any atom is 0.326 e. The van der Waals surface area contributed by atoms with E-state index >= 15 is 0 Å². The molecule has 0 saturated carbocycles. The molecule has 0 heterocycles. The average Bonchev–Trinajstić information content (AvgIpc) is 3.18. The molecule has 340 valence electrons. The van der Waals surface area contributed by atoms with Gasteiger partial charge in [-0.1, -0.05) is 103 Å². The standard InChI is InChI=1S/C45H75N5O10/c1-33(2)29-36(52)31-48-37(40(53)32-49-39(44(46)58)30-34-22-24-35(51)25-23-34)19-17-18-28-47-41(54)27-26-38(45(59)60)50-42(55)20-15-13-11-9-7-5-3-4-6-8-10-12-14-16-21-43(56)57/h22-25,33,37-39,48-49,51H,3-21,26-32H2,1-2H3,(H2,46,58)(H,47,54)(H,50,55)(H,56,57)(H,59,60)/t37-,38-,39-/m0/s1. The summed E-state index contributed by atoms with van der Waals surface area (Å²) in [7, 11) is 0. The Morgan fingerprint density at radius 2 is 1.13 bits per heavy atom. The SMILES string of the molecule is CC(C)CC(=O)CN[C@@H](CCCCNC(=O)CC[C@H](NC(=O)CCCCCCCCCCCCCCCCC(=O)O)C(=O)O)C(=O)CN[C@@H](Cc1ccc(O)cc1)C(N)=O. The van der Waals surface area contributed by atoms with Crippen LogP contribution in [0.2, 0.25) is 0 Å². The molecule has 0 saturated heterocycles. The van der Waals surface area contributed by atoms with Gasteiger partial charge in [-0.25, -0.2) is 4.79 Å². The molecule has 0 unspecified atom stereocenters. The van der Waals surface area contributed by atoms with Crippen LogP contribution in [0.1, 0.15) is 161 Å². The Morgan fingerprint density at radius 3 is 1.65 bits per heavy atom. The second-order valence-corrected chi connectivity index (χ2v) is 16.4. The van der Waals surface area contributed by atoms with Gasteiger partial charge in [-0.2, -0.15) is 0 Å². The van der Waals surface area contributed by atoms with Crippen molar-refractivity contribution in [2.45, 2.75) is 180 Å². The molecule has 0 aliphatic heterocycles. The minimum atomic E-state index is -1.20. The number of carbonyl (C=O) groups is 7. The smallest absolute Gasteiger partial charge is 0.326 e. The number of phenols is 1. The Bertz CT molecular complexity index is 1420. The predicted octanol–water partition coefficient (Wildman–Crippen LogP) is 5.48. The summed E-state index contributed by atoms with van der Waals surface area (Å²) in [5, 5.41) is 39.2. The first kappa shape index (κ1) is 53.6. The summed E-state index contributed by atoms with van der Waals surface area (Å²) >= 11 is 0. The Kier molecular flexibility index (Phi) is 29.8. The second-order valence-electron chi connectivity index (χ2n) is 16.4. The third-order valence-corrected chi connectivity index (χ3v) is 10.4. The number of amides is 3. The zero-order valence-corrected chi connectivity index (χ0v) is 36.3. The van der Waals surface area contributed by atoms with E-state index < -0.39 is 36.0 Å². The molecule has 9 N–H and O–H groups in total. The van der Waals surface area contributed by atoms with Crippen LogP contribution in [0.15, 0.2) is 24.3 Å². The third kappa shape index (κ3) is 29.0. The molecule has 15 nitrogen and oxygen atoms in total. The van der Waals surface area contributed by atoms with E-state index in [2.05, 4.69) is 21.3 Å². The Balaban J connectivity index is 2.33.